The second-order valence-corrected chi connectivity index (χ2v) is 15.1. The monoisotopic (exact) mass is 535 g/mol. The van der Waals surface area contributed by atoms with E-state index in [1.807, 2.05) is 0 Å². The molecule has 3 aromatic rings. The second kappa shape index (κ2) is 11.8. The van der Waals surface area contributed by atoms with Crippen molar-refractivity contribution in [2.75, 3.05) is 0 Å². The highest BCUT2D eigenvalue weighted by atomic mass is 15.0. The molecule has 1 nitrogen and oxygen atoms in total. The summed E-state index contributed by atoms with van der Waals surface area (Å²) in [5, 5.41) is 4.37. The van der Waals surface area contributed by atoms with Crippen molar-refractivity contribution in [3.05, 3.63) is 107 Å². The molecular formula is C39H53N. The van der Waals surface area contributed by atoms with Crippen molar-refractivity contribution in [3.8, 4) is 0 Å². The molecule has 1 heteroatoms. The number of hydrogen-bond donors (Lipinski definition) is 1. The van der Waals surface area contributed by atoms with E-state index in [1.54, 1.807) is 0 Å². The molecule has 2 atom stereocenters. The van der Waals surface area contributed by atoms with E-state index in [0.29, 0.717) is 18.0 Å². The van der Waals surface area contributed by atoms with E-state index >= 15 is 0 Å². The highest BCUT2D eigenvalue weighted by Gasteiger charge is 2.49. The van der Waals surface area contributed by atoms with Crippen molar-refractivity contribution in [2.24, 2.45) is 5.41 Å². The normalized spacial score (nSPS) is 21.9. The van der Waals surface area contributed by atoms with Gasteiger partial charge < -0.3 is 5.32 Å². The summed E-state index contributed by atoms with van der Waals surface area (Å²) in [6, 6.07) is 31.8. The maximum atomic E-state index is 4.37. The summed E-state index contributed by atoms with van der Waals surface area (Å²) in [5.41, 5.74) is 7.89. The lowest BCUT2D eigenvalue weighted by atomic mass is 9.70. The minimum absolute atomic E-state index is 0.182. The van der Waals surface area contributed by atoms with Crippen LogP contribution in [0.25, 0.3) is 0 Å². The van der Waals surface area contributed by atoms with E-state index in [0.717, 1.165) is 12.8 Å². The van der Waals surface area contributed by atoms with E-state index in [-0.39, 0.29) is 16.2 Å². The Morgan fingerprint density at radius 1 is 0.625 bits per heavy atom. The second-order valence-electron chi connectivity index (χ2n) is 15.1. The maximum Gasteiger partial charge on any atom is 0.0201 e. The third kappa shape index (κ3) is 6.73. The number of nitrogens with one attached hydrogen (secondary N) is 1. The van der Waals surface area contributed by atoms with E-state index < -0.39 is 0 Å². The van der Waals surface area contributed by atoms with Gasteiger partial charge in [0.15, 0.2) is 0 Å². The summed E-state index contributed by atoms with van der Waals surface area (Å²) >= 11 is 0. The minimum atomic E-state index is 0.182. The fourth-order valence-electron chi connectivity index (χ4n) is 7.58. The van der Waals surface area contributed by atoms with Gasteiger partial charge in [0.25, 0.3) is 0 Å². The van der Waals surface area contributed by atoms with Crippen molar-refractivity contribution in [1.82, 2.24) is 5.32 Å². The molecule has 0 amide bonds. The van der Waals surface area contributed by atoms with Crippen LogP contribution in [0.5, 0.6) is 0 Å². The van der Waals surface area contributed by atoms with Gasteiger partial charge in [-0.3, -0.25) is 0 Å². The van der Waals surface area contributed by atoms with Gasteiger partial charge in [0.2, 0.25) is 0 Å². The predicted molar refractivity (Wildman–Crippen MR) is 172 cm³/mol. The zero-order chi connectivity index (χ0) is 28.4. The van der Waals surface area contributed by atoms with Crippen LogP contribution < -0.4 is 5.32 Å². The molecule has 0 aromatic heterocycles. The molecule has 2 aliphatic rings. The summed E-state index contributed by atoms with van der Waals surface area (Å²) in [6.07, 6.45) is 11.6. The molecular weight excluding hydrogens is 482 g/mol. The first kappa shape index (κ1) is 29.1. The highest BCUT2D eigenvalue weighted by molar-refractivity contribution is 5.34. The van der Waals surface area contributed by atoms with Crippen molar-refractivity contribution < 1.29 is 0 Å². The molecule has 0 aliphatic heterocycles. The Bertz CT molecular complexity index is 1140. The molecule has 3 aromatic carbocycles. The Labute approximate surface area is 245 Å². The van der Waals surface area contributed by atoms with Crippen LogP contribution in [0.3, 0.4) is 0 Å². The number of benzene rings is 3. The van der Waals surface area contributed by atoms with Crippen molar-refractivity contribution >= 4 is 0 Å². The zero-order valence-electron chi connectivity index (χ0n) is 26.1. The quantitative estimate of drug-likeness (QED) is 0.317. The lowest BCUT2D eigenvalue weighted by Gasteiger charge is -2.42. The molecule has 5 rings (SSSR count). The fraction of sp³-hybridized carbons (Fsp3) is 0.538. The van der Waals surface area contributed by atoms with Crippen LogP contribution >= 0.6 is 0 Å². The van der Waals surface area contributed by atoms with Crippen LogP contribution in [-0.4, -0.2) is 12.1 Å². The molecule has 0 spiro atoms. The van der Waals surface area contributed by atoms with Gasteiger partial charge in [-0.25, -0.2) is 0 Å². The first-order valence-electron chi connectivity index (χ1n) is 16.0. The van der Waals surface area contributed by atoms with E-state index in [1.165, 1.54) is 72.8 Å². The summed E-state index contributed by atoms with van der Waals surface area (Å²) < 4.78 is 0. The molecule has 0 bridgehead atoms. The van der Waals surface area contributed by atoms with Gasteiger partial charge in [-0.05, 0) is 88.5 Å². The first-order chi connectivity index (χ1) is 19.0. The van der Waals surface area contributed by atoms with Crippen molar-refractivity contribution in [3.63, 3.8) is 0 Å². The summed E-state index contributed by atoms with van der Waals surface area (Å²) in [4.78, 5) is 0. The SMILES string of the molecule is CC(C)(C)c1ccc(CC2(Cc3ccc(C(C)(C)C)cc3)CC[C@@H](c3ccccc3)[C@@H]2NC2CCCCC2)cc1. The molecule has 0 saturated heterocycles. The molecule has 2 aliphatic carbocycles. The van der Waals surface area contributed by atoms with Crippen LogP contribution in [0, 0.1) is 5.41 Å². The van der Waals surface area contributed by atoms with Crippen molar-refractivity contribution in [1.29, 1.82) is 0 Å². The predicted octanol–water partition coefficient (Wildman–Crippen LogP) is 9.92. The van der Waals surface area contributed by atoms with Gasteiger partial charge in [-0.2, -0.15) is 0 Å². The minimum Gasteiger partial charge on any atom is -0.310 e. The highest BCUT2D eigenvalue weighted by Crippen LogP contribution is 2.51. The Hall–Kier alpha value is -2.38. The third-order valence-electron chi connectivity index (χ3n) is 10.0. The van der Waals surface area contributed by atoms with Crippen LogP contribution in [0.1, 0.15) is 120 Å². The van der Waals surface area contributed by atoms with Crippen molar-refractivity contribution in [2.45, 2.75) is 128 Å². The largest absolute Gasteiger partial charge is 0.310 e. The Morgan fingerprint density at radius 2 is 1.12 bits per heavy atom. The Balaban J connectivity index is 1.53. The third-order valence-corrected chi connectivity index (χ3v) is 10.0. The molecule has 40 heavy (non-hydrogen) atoms. The number of rotatable bonds is 7. The Kier molecular flexibility index (Phi) is 8.63. The Morgan fingerprint density at radius 3 is 1.60 bits per heavy atom. The molecule has 2 saturated carbocycles. The lowest BCUT2D eigenvalue weighted by Crippen LogP contribution is -2.51. The summed E-state index contributed by atoms with van der Waals surface area (Å²) in [5.74, 6) is 0.561. The lowest BCUT2D eigenvalue weighted by molar-refractivity contribution is 0.183. The molecule has 0 radical (unpaired) electrons. The molecule has 0 heterocycles. The van der Waals surface area contributed by atoms with Gasteiger partial charge >= 0.3 is 0 Å². The molecule has 0 unspecified atom stereocenters. The molecule has 1 N–H and O–H groups in total. The standard InChI is InChI=1S/C39H53N/c1-37(2,3)32-21-17-29(18-22-32)27-39(28-30-19-23-33(24-20-30)38(4,5)6)26-25-35(31-13-9-7-10-14-31)36(39)40-34-15-11-8-12-16-34/h7,9-10,13-14,17-24,34-36,40H,8,11-12,15-16,25-28H2,1-6H3/t35-,36-/m0/s1. The topological polar surface area (TPSA) is 12.0 Å². The van der Waals surface area contributed by atoms with Crippen LogP contribution in [0.15, 0.2) is 78.9 Å². The van der Waals surface area contributed by atoms with Crippen LogP contribution in [-0.2, 0) is 23.7 Å². The van der Waals surface area contributed by atoms with E-state index in [9.17, 15) is 0 Å². The zero-order valence-corrected chi connectivity index (χ0v) is 26.1. The van der Waals surface area contributed by atoms with E-state index in [2.05, 4.69) is 126 Å². The van der Waals surface area contributed by atoms with Gasteiger partial charge in [0.1, 0.15) is 0 Å². The maximum absolute atomic E-state index is 4.37. The fourth-order valence-corrected chi connectivity index (χ4v) is 7.58. The smallest absolute Gasteiger partial charge is 0.0201 e. The van der Waals surface area contributed by atoms with Gasteiger partial charge in [-0.1, -0.05) is 140 Å². The first-order valence-corrected chi connectivity index (χ1v) is 16.0. The van der Waals surface area contributed by atoms with Gasteiger partial charge in [-0.15, -0.1) is 0 Å². The van der Waals surface area contributed by atoms with Crippen LogP contribution in [0.4, 0.5) is 0 Å². The summed E-state index contributed by atoms with van der Waals surface area (Å²) in [7, 11) is 0. The van der Waals surface area contributed by atoms with Crippen LogP contribution in [0.2, 0.25) is 0 Å². The summed E-state index contributed by atoms with van der Waals surface area (Å²) in [6.45, 7) is 13.9. The van der Waals surface area contributed by atoms with Gasteiger partial charge in [0.05, 0.1) is 0 Å². The average Bonchev–Trinajstić information content (AvgIpc) is 3.26. The average molecular weight is 536 g/mol. The van der Waals surface area contributed by atoms with E-state index in [4.69, 9.17) is 0 Å². The van der Waals surface area contributed by atoms with Gasteiger partial charge in [0, 0.05) is 12.1 Å². The molecule has 214 valence electrons. The molecule has 2 fully saturated rings. The number of hydrogen-bond acceptors (Lipinski definition) is 1.